The summed E-state index contributed by atoms with van der Waals surface area (Å²) in [6, 6.07) is 0. The van der Waals surface area contributed by atoms with Crippen molar-refractivity contribution in [3.63, 3.8) is 0 Å². The summed E-state index contributed by atoms with van der Waals surface area (Å²) in [6.45, 7) is 4.73. The van der Waals surface area contributed by atoms with Gasteiger partial charge in [-0.2, -0.15) is 0 Å². The first-order valence-corrected chi connectivity index (χ1v) is 5.91. The van der Waals surface area contributed by atoms with Gasteiger partial charge in [-0.15, -0.1) is 0 Å². The normalized spacial score (nSPS) is 16.4. The van der Waals surface area contributed by atoms with Crippen LogP contribution in [-0.2, 0) is 4.74 Å². The fourth-order valence-corrected chi connectivity index (χ4v) is 1.73. The third kappa shape index (κ3) is 3.64. The highest BCUT2D eigenvalue weighted by molar-refractivity contribution is 5.92. The minimum atomic E-state index is -0.247. The van der Waals surface area contributed by atoms with E-state index >= 15 is 0 Å². The van der Waals surface area contributed by atoms with Crippen molar-refractivity contribution < 1.29 is 9.53 Å². The number of aromatic nitrogens is 2. The van der Waals surface area contributed by atoms with Gasteiger partial charge in [-0.25, -0.2) is 4.98 Å². The van der Waals surface area contributed by atoms with E-state index in [2.05, 4.69) is 20.2 Å². The van der Waals surface area contributed by atoms with Gasteiger partial charge in [0.2, 0.25) is 0 Å². The molecule has 7 nitrogen and oxygen atoms in total. The van der Waals surface area contributed by atoms with E-state index in [9.17, 15) is 4.79 Å². The molecule has 1 aromatic heterocycles. The highest BCUT2D eigenvalue weighted by Gasteiger charge is 2.11. The number of nitrogen functional groups attached to an aromatic ring is 1. The number of nitrogens with two attached hydrogens (primary N) is 1. The third-order valence-corrected chi connectivity index (χ3v) is 2.70. The number of carbonyl (C=O) groups is 1. The van der Waals surface area contributed by atoms with Gasteiger partial charge in [0.05, 0.1) is 25.6 Å². The lowest BCUT2D eigenvalue weighted by Crippen LogP contribution is -2.41. The predicted octanol–water partition coefficient (Wildman–Crippen LogP) is -0.879. The molecule has 2 rings (SSSR count). The van der Waals surface area contributed by atoms with Gasteiger partial charge in [0, 0.05) is 26.2 Å². The zero-order valence-corrected chi connectivity index (χ0v) is 10.1. The molecule has 0 radical (unpaired) electrons. The second-order valence-corrected chi connectivity index (χ2v) is 4.04. The van der Waals surface area contributed by atoms with Crippen LogP contribution in [0.25, 0.3) is 0 Å². The number of ether oxygens (including phenoxy) is 1. The number of hydrogen-bond donors (Lipinski definition) is 2. The molecule has 1 fully saturated rings. The van der Waals surface area contributed by atoms with E-state index in [4.69, 9.17) is 10.5 Å². The standard InChI is InChI=1S/C11H17N5O2/c12-10-8-13-7-9(15-10)11(17)14-1-2-16-3-5-18-6-4-16/h7-8H,1-6H2,(H2,12,15)(H,14,17). The van der Waals surface area contributed by atoms with E-state index in [1.165, 1.54) is 12.4 Å². The zero-order chi connectivity index (χ0) is 12.8. The Balaban J connectivity index is 1.74. The number of nitrogens with zero attached hydrogens (tertiary/aromatic N) is 3. The predicted molar refractivity (Wildman–Crippen MR) is 66.0 cm³/mol. The molecule has 3 N–H and O–H groups in total. The number of morpholine rings is 1. The fraction of sp³-hybridized carbons (Fsp3) is 0.545. The molecule has 0 spiro atoms. The maximum Gasteiger partial charge on any atom is 0.271 e. The molecular formula is C11H17N5O2. The molecule has 1 saturated heterocycles. The van der Waals surface area contributed by atoms with Gasteiger partial charge in [0.15, 0.2) is 0 Å². The van der Waals surface area contributed by atoms with E-state index in [-0.39, 0.29) is 17.4 Å². The number of hydrogen-bond acceptors (Lipinski definition) is 6. The summed E-state index contributed by atoms with van der Waals surface area (Å²) in [5.41, 5.74) is 5.71. The Kier molecular flexibility index (Phi) is 4.43. The Labute approximate surface area is 105 Å². The maximum absolute atomic E-state index is 11.7. The van der Waals surface area contributed by atoms with Crippen LogP contribution >= 0.6 is 0 Å². The average Bonchev–Trinajstić information content (AvgIpc) is 2.40. The van der Waals surface area contributed by atoms with Crippen LogP contribution in [0.2, 0.25) is 0 Å². The van der Waals surface area contributed by atoms with Crippen LogP contribution in [0.5, 0.6) is 0 Å². The molecule has 0 saturated carbocycles. The third-order valence-electron chi connectivity index (χ3n) is 2.70. The molecule has 18 heavy (non-hydrogen) atoms. The number of anilines is 1. The van der Waals surface area contributed by atoms with Gasteiger partial charge in [-0.05, 0) is 0 Å². The Morgan fingerprint density at radius 2 is 2.22 bits per heavy atom. The molecule has 1 amide bonds. The lowest BCUT2D eigenvalue weighted by atomic mass is 10.4. The van der Waals surface area contributed by atoms with E-state index in [0.29, 0.717) is 6.54 Å². The van der Waals surface area contributed by atoms with Crippen molar-refractivity contribution in [3.05, 3.63) is 18.1 Å². The van der Waals surface area contributed by atoms with Crippen LogP contribution in [0.1, 0.15) is 10.5 Å². The average molecular weight is 251 g/mol. The zero-order valence-electron chi connectivity index (χ0n) is 10.1. The summed E-state index contributed by atoms with van der Waals surface area (Å²) < 4.78 is 5.25. The Morgan fingerprint density at radius 1 is 1.44 bits per heavy atom. The number of nitrogens with one attached hydrogen (secondary N) is 1. The Bertz CT molecular complexity index is 406. The number of amides is 1. The molecule has 0 aliphatic carbocycles. The molecule has 2 heterocycles. The highest BCUT2D eigenvalue weighted by atomic mass is 16.5. The largest absolute Gasteiger partial charge is 0.382 e. The molecule has 7 heteroatoms. The van der Waals surface area contributed by atoms with Gasteiger partial charge in [0.1, 0.15) is 11.5 Å². The van der Waals surface area contributed by atoms with E-state index in [1.807, 2.05) is 0 Å². The lowest BCUT2D eigenvalue weighted by Gasteiger charge is -2.26. The topological polar surface area (TPSA) is 93.4 Å². The van der Waals surface area contributed by atoms with Gasteiger partial charge in [0.25, 0.3) is 5.91 Å². The molecule has 98 valence electrons. The maximum atomic E-state index is 11.7. The smallest absolute Gasteiger partial charge is 0.271 e. The van der Waals surface area contributed by atoms with Gasteiger partial charge in [-0.1, -0.05) is 0 Å². The van der Waals surface area contributed by atoms with Crippen LogP contribution in [0.3, 0.4) is 0 Å². The molecule has 0 bridgehead atoms. The van der Waals surface area contributed by atoms with Crippen LogP contribution < -0.4 is 11.1 Å². The Hall–Kier alpha value is -1.73. The van der Waals surface area contributed by atoms with Crippen molar-refractivity contribution >= 4 is 11.7 Å². The minimum absolute atomic E-state index is 0.246. The summed E-state index contributed by atoms with van der Waals surface area (Å²) in [7, 11) is 0. The molecular weight excluding hydrogens is 234 g/mol. The number of carbonyl (C=O) groups excluding carboxylic acids is 1. The molecule has 1 aromatic rings. The van der Waals surface area contributed by atoms with Crippen LogP contribution in [0.15, 0.2) is 12.4 Å². The minimum Gasteiger partial charge on any atom is -0.382 e. The first-order chi connectivity index (χ1) is 8.75. The van der Waals surface area contributed by atoms with Crippen LogP contribution in [0, 0.1) is 0 Å². The molecule has 0 aromatic carbocycles. The first kappa shape index (κ1) is 12.7. The van der Waals surface area contributed by atoms with Crippen LogP contribution in [-0.4, -0.2) is 60.2 Å². The summed E-state index contributed by atoms with van der Waals surface area (Å²) in [5.74, 6) is -0.00103. The van der Waals surface area contributed by atoms with E-state index in [1.54, 1.807) is 0 Å². The van der Waals surface area contributed by atoms with Crippen molar-refractivity contribution in [3.8, 4) is 0 Å². The summed E-state index contributed by atoms with van der Waals surface area (Å²) in [5, 5.41) is 2.79. The van der Waals surface area contributed by atoms with Crippen molar-refractivity contribution in [1.82, 2.24) is 20.2 Å². The second kappa shape index (κ2) is 6.27. The monoisotopic (exact) mass is 251 g/mol. The van der Waals surface area contributed by atoms with Crippen molar-refractivity contribution in [1.29, 1.82) is 0 Å². The summed E-state index contributed by atoms with van der Waals surface area (Å²) in [6.07, 6.45) is 2.81. The lowest BCUT2D eigenvalue weighted by molar-refractivity contribution is 0.0383. The van der Waals surface area contributed by atoms with Crippen molar-refractivity contribution in [2.24, 2.45) is 0 Å². The summed E-state index contributed by atoms with van der Waals surface area (Å²) >= 11 is 0. The molecule has 0 unspecified atom stereocenters. The van der Waals surface area contributed by atoms with Crippen molar-refractivity contribution in [2.45, 2.75) is 0 Å². The second-order valence-electron chi connectivity index (χ2n) is 4.04. The Morgan fingerprint density at radius 3 is 2.94 bits per heavy atom. The SMILES string of the molecule is Nc1cncc(C(=O)NCCN2CCOCC2)n1. The number of rotatable bonds is 4. The quantitative estimate of drug-likeness (QED) is 0.722. The molecule has 1 aliphatic rings. The highest BCUT2D eigenvalue weighted by Crippen LogP contribution is 1.98. The van der Waals surface area contributed by atoms with Crippen LogP contribution in [0.4, 0.5) is 5.82 Å². The van der Waals surface area contributed by atoms with Gasteiger partial charge < -0.3 is 15.8 Å². The van der Waals surface area contributed by atoms with Gasteiger partial charge >= 0.3 is 0 Å². The van der Waals surface area contributed by atoms with Crippen molar-refractivity contribution in [2.75, 3.05) is 45.1 Å². The molecule has 1 aliphatic heterocycles. The van der Waals surface area contributed by atoms with E-state index < -0.39 is 0 Å². The summed E-state index contributed by atoms with van der Waals surface area (Å²) in [4.78, 5) is 21.7. The first-order valence-electron chi connectivity index (χ1n) is 5.91. The van der Waals surface area contributed by atoms with E-state index in [0.717, 1.165) is 32.8 Å². The fourth-order valence-electron chi connectivity index (χ4n) is 1.73. The van der Waals surface area contributed by atoms with Gasteiger partial charge in [-0.3, -0.25) is 14.7 Å². The molecule has 0 atom stereocenters.